The van der Waals surface area contributed by atoms with Crippen LogP contribution in [0.3, 0.4) is 0 Å². The van der Waals surface area contributed by atoms with Crippen molar-refractivity contribution >= 4 is 18.3 Å². The van der Waals surface area contributed by atoms with Gasteiger partial charge in [0.2, 0.25) is 5.91 Å². The predicted molar refractivity (Wildman–Crippen MR) is 78.7 cm³/mol. The second-order valence-corrected chi connectivity index (χ2v) is 5.59. The van der Waals surface area contributed by atoms with Crippen molar-refractivity contribution in [2.75, 3.05) is 13.1 Å². The van der Waals surface area contributed by atoms with Gasteiger partial charge in [-0.3, -0.25) is 4.79 Å². The van der Waals surface area contributed by atoms with Gasteiger partial charge in [-0.25, -0.2) is 0 Å². The second kappa shape index (κ2) is 8.77. The quantitative estimate of drug-likeness (QED) is 0.779. The van der Waals surface area contributed by atoms with Gasteiger partial charge in [0.25, 0.3) is 0 Å². The fourth-order valence-electron chi connectivity index (χ4n) is 2.82. The largest absolute Gasteiger partial charge is 0.365 e. The van der Waals surface area contributed by atoms with E-state index in [0.29, 0.717) is 0 Å². The molecule has 2 aliphatic rings. The Morgan fingerprint density at radius 2 is 1.89 bits per heavy atom. The summed E-state index contributed by atoms with van der Waals surface area (Å²) in [6.07, 6.45) is 8.34. The Labute approximate surface area is 122 Å². The lowest BCUT2D eigenvalue weighted by Crippen LogP contribution is -2.43. The van der Waals surface area contributed by atoms with Gasteiger partial charge >= 0.3 is 0 Å². The van der Waals surface area contributed by atoms with E-state index in [1.54, 1.807) is 0 Å². The van der Waals surface area contributed by atoms with Gasteiger partial charge in [-0.2, -0.15) is 0 Å². The van der Waals surface area contributed by atoms with Crippen LogP contribution in [0, 0.1) is 0 Å². The third-order valence-corrected chi connectivity index (χ3v) is 3.97. The van der Waals surface area contributed by atoms with Crippen molar-refractivity contribution < 1.29 is 9.53 Å². The molecule has 1 amide bonds. The Morgan fingerprint density at radius 3 is 2.47 bits per heavy atom. The number of carbonyl (C=O) groups is 1. The van der Waals surface area contributed by atoms with Crippen LogP contribution in [0.1, 0.15) is 51.9 Å². The molecule has 5 heteroatoms. The molecule has 1 aliphatic heterocycles. The molecule has 2 unspecified atom stereocenters. The third kappa shape index (κ3) is 5.67. The zero-order valence-corrected chi connectivity index (χ0v) is 12.6. The molecular weight excluding hydrogens is 264 g/mol. The predicted octanol–water partition coefficient (Wildman–Crippen LogP) is 2.01. The van der Waals surface area contributed by atoms with Crippen molar-refractivity contribution in [3.63, 3.8) is 0 Å². The molecule has 0 aromatic rings. The number of amides is 1. The Hall–Kier alpha value is -0.320. The molecule has 19 heavy (non-hydrogen) atoms. The van der Waals surface area contributed by atoms with E-state index in [0.717, 1.165) is 32.4 Å². The minimum atomic E-state index is -0.311. The van der Waals surface area contributed by atoms with E-state index in [1.165, 1.54) is 25.7 Å². The smallest absolute Gasteiger partial charge is 0.249 e. The van der Waals surface area contributed by atoms with Crippen LogP contribution in [-0.4, -0.2) is 37.2 Å². The number of ether oxygens (including phenoxy) is 1. The molecule has 1 saturated carbocycles. The van der Waals surface area contributed by atoms with E-state index in [1.807, 2.05) is 6.92 Å². The first-order chi connectivity index (χ1) is 8.75. The molecule has 2 rings (SSSR count). The van der Waals surface area contributed by atoms with Crippen LogP contribution >= 0.6 is 12.4 Å². The minimum Gasteiger partial charge on any atom is -0.365 e. The van der Waals surface area contributed by atoms with Crippen LogP contribution in [0.2, 0.25) is 0 Å². The van der Waals surface area contributed by atoms with Crippen molar-refractivity contribution in [2.45, 2.75) is 70.1 Å². The van der Waals surface area contributed by atoms with E-state index in [9.17, 15) is 4.79 Å². The van der Waals surface area contributed by atoms with E-state index >= 15 is 0 Å². The first-order valence-corrected chi connectivity index (χ1v) is 7.42. The van der Waals surface area contributed by atoms with Gasteiger partial charge in [-0.1, -0.05) is 25.7 Å². The Bertz CT molecular complexity index is 262. The third-order valence-electron chi connectivity index (χ3n) is 3.97. The lowest BCUT2D eigenvalue weighted by atomic mass is 10.1. The lowest BCUT2D eigenvalue weighted by molar-refractivity contribution is -0.136. The van der Waals surface area contributed by atoms with Gasteiger partial charge in [0.05, 0.1) is 6.10 Å². The highest BCUT2D eigenvalue weighted by Crippen LogP contribution is 2.21. The summed E-state index contributed by atoms with van der Waals surface area (Å²) in [6, 6.07) is 0.290. The molecule has 0 radical (unpaired) electrons. The fourth-order valence-corrected chi connectivity index (χ4v) is 2.82. The molecule has 2 N–H and O–H groups in total. The molecule has 1 saturated heterocycles. The molecule has 0 spiro atoms. The molecule has 1 aliphatic carbocycles. The second-order valence-electron chi connectivity index (χ2n) is 5.59. The number of hydrogen-bond acceptors (Lipinski definition) is 3. The summed E-state index contributed by atoms with van der Waals surface area (Å²) < 4.78 is 5.91. The van der Waals surface area contributed by atoms with E-state index < -0.39 is 0 Å². The minimum absolute atomic E-state index is 0. The van der Waals surface area contributed by atoms with Gasteiger partial charge in [0, 0.05) is 12.6 Å². The first kappa shape index (κ1) is 16.7. The summed E-state index contributed by atoms with van der Waals surface area (Å²) in [6.45, 7) is 3.77. The number of hydrogen-bond donors (Lipinski definition) is 2. The SMILES string of the molecule is CC(OC1CCCCCC1)C(=O)NC1CCNC1.Cl. The van der Waals surface area contributed by atoms with Crippen molar-refractivity contribution in [1.29, 1.82) is 0 Å². The van der Waals surface area contributed by atoms with Crippen LogP contribution in [0.15, 0.2) is 0 Å². The van der Waals surface area contributed by atoms with Crippen LogP contribution < -0.4 is 10.6 Å². The number of halogens is 1. The number of rotatable bonds is 4. The van der Waals surface area contributed by atoms with Gasteiger partial charge in [0.15, 0.2) is 0 Å². The van der Waals surface area contributed by atoms with Crippen molar-refractivity contribution in [3.05, 3.63) is 0 Å². The monoisotopic (exact) mass is 290 g/mol. The number of carbonyl (C=O) groups excluding carboxylic acids is 1. The Morgan fingerprint density at radius 1 is 1.21 bits per heavy atom. The summed E-state index contributed by atoms with van der Waals surface area (Å²) in [7, 11) is 0. The average Bonchev–Trinajstić information content (AvgIpc) is 2.72. The van der Waals surface area contributed by atoms with Gasteiger partial charge in [-0.05, 0) is 32.7 Å². The van der Waals surface area contributed by atoms with E-state index in [-0.39, 0.29) is 36.6 Å². The summed E-state index contributed by atoms with van der Waals surface area (Å²) in [4.78, 5) is 12.0. The summed E-state index contributed by atoms with van der Waals surface area (Å²) in [5, 5.41) is 6.31. The molecule has 2 fully saturated rings. The molecule has 2 atom stereocenters. The Kier molecular flexibility index (Phi) is 7.73. The van der Waals surface area contributed by atoms with Crippen molar-refractivity contribution in [1.82, 2.24) is 10.6 Å². The molecule has 0 bridgehead atoms. The van der Waals surface area contributed by atoms with Crippen molar-refractivity contribution in [2.24, 2.45) is 0 Å². The zero-order chi connectivity index (χ0) is 12.8. The molecule has 1 heterocycles. The highest BCUT2D eigenvalue weighted by Gasteiger charge is 2.23. The summed E-state index contributed by atoms with van der Waals surface area (Å²) in [5.41, 5.74) is 0. The van der Waals surface area contributed by atoms with Gasteiger partial charge in [-0.15, -0.1) is 12.4 Å². The van der Waals surface area contributed by atoms with Gasteiger partial charge in [0.1, 0.15) is 6.10 Å². The fraction of sp³-hybridized carbons (Fsp3) is 0.929. The Balaban J connectivity index is 0.00000180. The maximum Gasteiger partial charge on any atom is 0.249 e. The molecule has 112 valence electrons. The molecule has 0 aromatic carbocycles. The topological polar surface area (TPSA) is 50.4 Å². The van der Waals surface area contributed by atoms with Crippen LogP contribution in [0.25, 0.3) is 0 Å². The van der Waals surface area contributed by atoms with E-state index in [4.69, 9.17) is 4.74 Å². The summed E-state index contributed by atoms with van der Waals surface area (Å²) in [5.74, 6) is 0.0490. The standard InChI is InChI=1S/C14H26N2O2.ClH/c1-11(14(17)16-12-8-9-15-10-12)18-13-6-4-2-3-5-7-13;/h11-13,15H,2-10H2,1H3,(H,16,17);1H. The van der Waals surface area contributed by atoms with E-state index in [2.05, 4.69) is 10.6 Å². The highest BCUT2D eigenvalue weighted by atomic mass is 35.5. The average molecular weight is 291 g/mol. The van der Waals surface area contributed by atoms with Crippen LogP contribution in [-0.2, 0) is 9.53 Å². The normalized spacial score (nSPS) is 26.3. The maximum atomic E-state index is 12.0. The van der Waals surface area contributed by atoms with Gasteiger partial charge < -0.3 is 15.4 Å². The molecular formula is C14H27ClN2O2. The highest BCUT2D eigenvalue weighted by molar-refractivity contribution is 5.85. The molecule has 4 nitrogen and oxygen atoms in total. The maximum absolute atomic E-state index is 12.0. The first-order valence-electron chi connectivity index (χ1n) is 7.42. The number of nitrogens with one attached hydrogen (secondary N) is 2. The summed E-state index contributed by atoms with van der Waals surface area (Å²) >= 11 is 0. The van der Waals surface area contributed by atoms with Crippen LogP contribution in [0.5, 0.6) is 0 Å². The lowest BCUT2D eigenvalue weighted by Gasteiger charge is -2.22. The zero-order valence-electron chi connectivity index (χ0n) is 11.8. The van der Waals surface area contributed by atoms with Crippen molar-refractivity contribution in [3.8, 4) is 0 Å². The molecule has 0 aromatic heterocycles. The van der Waals surface area contributed by atoms with Crippen LogP contribution in [0.4, 0.5) is 0 Å².